The molecule has 7 nitrogen and oxygen atoms in total. The first-order valence-corrected chi connectivity index (χ1v) is 13.0. The highest BCUT2D eigenvalue weighted by atomic mass is 16.5. The van der Waals surface area contributed by atoms with Gasteiger partial charge in [-0.1, -0.05) is 51.1 Å². The smallest absolute Gasteiger partial charge is 0.343 e. The van der Waals surface area contributed by atoms with Crippen molar-refractivity contribution < 1.29 is 23.7 Å². The number of nitrogens with zero attached hydrogens (tertiary/aromatic N) is 1. The van der Waals surface area contributed by atoms with E-state index in [4.69, 9.17) is 18.9 Å². The molecule has 0 amide bonds. The van der Waals surface area contributed by atoms with Gasteiger partial charge in [0.1, 0.15) is 5.56 Å². The lowest BCUT2D eigenvalue weighted by Gasteiger charge is -2.41. The molecule has 2 aromatic carbocycles. The van der Waals surface area contributed by atoms with E-state index >= 15 is 0 Å². The van der Waals surface area contributed by atoms with Crippen molar-refractivity contribution in [3.63, 3.8) is 0 Å². The van der Waals surface area contributed by atoms with Crippen molar-refractivity contribution in [3.8, 4) is 22.8 Å². The molecule has 1 aromatic heterocycles. The van der Waals surface area contributed by atoms with Gasteiger partial charge in [0.15, 0.2) is 11.5 Å². The second kappa shape index (κ2) is 11.4. The first kappa shape index (κ1) is 27.5. The molecule has 7 heteroatoms. The minimum Gasteiger partial charge on any atom is -0.493 e. The standard InChI is InChI=1S/C31H37NO6/c1-20(2)31(3)18-22-15-27(38-14-10-13-35-4)26(36-5)17-23(22)28-25(31)16-24(30(34)37-6)29(33)32(28)19-21-11-8-7-9-12-21/h7-9,11-12,15-17,20H,10,13-14,18-19H2,1-6H3. The van der Waals surface area contributed by atoms with Gasteiger partial charge in [-0.05, 0) is 47.2 Å². The molecule has 0 spiro atoms. The highest BCUT2D eigenvalue weighted by Gasteiger charge is 2.41. The number of carbonyl (C=O) groups excluding carboxylic acids is 1. The van der Waals surface area contributed by atoms with Gasteiger partial charge in [0.25, 0.3) is 5.56 Å². The first-order valence-electron chi connectivity index (χ1n) is 13.0. The van der Waals surface area contributed by atoms with E-state index in [0.29, 0.717) is 31.3 Å². The fourth-order valence-corrected chi connectivity index (χ4v) is 5.20. The van der Waals surface area contributed by atoms with Crippen LogP contribution in [0.25, 0.3) is 11.3 Å². The van der Waals surface area contributed by atoms with Crippen LogP contribution < -0.4 is 15.0 Å². The zero-order valence-corrected chi connectivity index (χ0v) is 23.1. The third-order valence-corrected chi connectivity index (χ3v) is 7.72. The van der Waals surface area contributed by atoms with Gasteiger partial charge in [-0.25, -0.2) is 4.79 Å². The van der Waals surface area contributed by atoms with Crippen molar-refractivity contribution in [2.45, 2.75) is 45.6 Å². The number of rotatable bonds is 10. The quantitative estimate of drug-likeness (QED) is 0.269. The van der Waals surface area contributed by atoms with Crippen molar-refractivity contribution in [3.05, 3.63) is 81.1 Å². The SMILES string of the molecule is COCCCOc1cc2c(cc1OC)-c1c(cc(C(=O)OC)c(=O)n1Cc1ccccc1)C(C)(C(C)C)C2. The van der Waals surface area contributed by atoms with E-state index < -0.39 is 5.97 Å². The van der Waals surface area contributed by atoms with Crippen LogP contribution in [-0.4, -0.2) is 45.1 Å². The maximum atomic E-state index is 13.9. The number of ether oxygens (including phenoxy) is 4. The molecule has 0 saturated heterocycles. The van der Waals surface area contributed by atoms with Crippen molar-refractivity contribution in [1.82, 2.24) is 4.57 Å². The number of hydrogen-bond acceptors (Lipinski definition) is 6. The molecule has 0 N–H and O–H groups in total. The molecular weight excluding hydrogens is 482 g/mol. The molecule has 1 aliphatic carbocycles. The minimum absolute atomic E-state index is 0.0440. The minimum atomic E-state index is -0.631. The predicted octanol–water partition coefficient (Wildman–Crippen LogP) is 5.24. The molecule has 1 heterocycles. The Morgan fingerprint density at radius 2 is 1.76 bits per heavy atom. The molecule has 0 fully saturated rings. The van der Waals surface area contributed by atoms with Gasteiger partial charge in [0.2, 0.25) is 0 Å². The maximum Gasteiger partial charge on any atom is 0.343 e. The van der Waals surface area contributed by atoms with Crippen LogP contribution in [-0.2, 0) is 27.9 Å². The van der Waals surface area contributed by atoms with Crippen LogP contribution in [0.4, 0.5) is 0 Å². The van der Waals surface area contributed by atoms with Crippen LogP contribution in [0, 0.1) is 5.92 Å². The lowest BCUT2D eigenvalue weighted by molar-refractivity contribution is 0.0597. The van der Waals surface area contributed by atoms with Crippen LogP contribution in [0.1, 0.15) is 54.2 Å². The topological polar surface area (TPSA) is 76.0 Å². The molecule has 202 valence electrons. The summed E-state index contributed by atoms with van der Waals surface area (Å²) in [6, 6.07) is 15.5. The van der Waals surface area contributed by atoms with Gasteiger partial charge in [-0.2, -0.15) is 0 Å². The number of fused-ring (bicyclic) bond motifs is 3. The number of hydrogen-bond donors (Lipinski definition) is 0. The number of aromatic nitrogens is 1. The van der Waals surface area contributed by atoms with E-state index in [2.05, 4.69) is 20.8 Å². The van der Waals surface area contributed by atoms with E-state index in [-0.39, 0.29) is 22.5 Å². The van der Waals surface area contributed by atoms with Crippen molar-refractivity contribution >= 4 is 5.97 Å². The number of pyridine rings is 1. The van der Waals surface area contributed by atoms with Gasteiger partial charge in [-0.15, -0.1) is 0 Å². The Balaban J connectivity index is 2.00. The van der Waals surface area contributed by atoms with Crippen molar-refractivity contribution in [2.75, 3.05) is 34.5 Å². The zero-order chi connectivity index (χ0) is 27.4. The molecule has 38 heavy (non-hydrogen) atoms. The monoisotopic (exact) mass is 519 g/mol. The Morgan fingerprint density at radius 3 is 2.39 bits per heavy atom. The summed E-state index contributed by atoms with van der Waals surface area (Å²) < 4.78 is 23.7. The summed E-state index contributed by atoms with van der Waals surface area (Å²) in [5.41, 5.74) is 4.01. The average Bonchev–Trinajstić information content (AvgIpc) is 2.92. The normalized spacial score (nSPS) is 16.1. The Morgan fingerprint density at radius 1 is 1.03 bits per heavy atom. The van der Waals surface area contributed by atoms with Crippen molar-refractivity contribution in [2.24, 2.45) is 5.92 Å². The Bertz CT molecular complexity index is 1360. The highest BCUT2D eigenvalue weighted by Crippen LogP contribution is 2.49. The van der Waals surface area contributed by atoms with E-state index in [1.807, 2.05) is 42.5 Å². The molecule has 1 aliphatic rings. The lowest BCUT2D eigenvalue weighted by atomic mass is 9.64. The fourth-order valence-electron chi connectivity index (χ4n) is 5.20. The van der Waals surface area contributed by atoms with Crippen LogP contribution >= 0.6 is 0 Å². The van der Waals surface area contributed by atoms with E-state index in [9.17, 15) is 9.59 Å². The average molecular weight is 520 g/mol. The molecule has 4 rings (SSSR count). The van der Waals surface area contributed by atoms with Gasteiger partial charge in [-0.3, -0.25) is 4.79 Å². The van der Waals surface area contributed by atoms with Crippen LogP contribution in [0.2, 0.25) is 0 Å². The Hall–Kier alpha value is -3.58. The zero-order valence-electron chi connectivity index (χ0n) is 23.1. The summed E-state index contributed by atoms with van der Waals surface area (Å²) in [5.74, 6) is 0.848. The van der Waals surface area contributed by atoms with E-state index in [1.165, 1.54) is 7.11 Å². The third-order valence-electron chi connectivity index (χ3n) is 7.72. The lowest BCUT2D eigenvalue weighted by Crippen LogP contribution is -2.40. The molecule has 0 saturated carbocycles. The van der Waals surface area contributed by atoms with Gasteiger partial charge in [0.05, 0.1) is 33.1 Å². The van der Waals surface area contributed by atoms with Crippen LogP contribution in [0.15, 0.2) is 53.3 Å². The molecule has 0 radical (unpaired) electrons. The van der Waals surface area contributed by atoms with Crippen molar-refractivity contribution in [1.29, 1.82) is 0 Å². The second-order valence-electron chi connectivity index (χ2n) is 10.3. The van der Waals surface area contributed by atoms with Gasteiger partial charge >= 0.3 is 5.97 Å². The molecular formula is C31H37NO6. The molecule has 1 atom stereocenters. The Labute approximate surface area is 224 Å². The number of carbonyl (C=O) groups is 1. The van der Waals surface area contributed by atoms with E-state index in [0.717, 1.165) is 40.8 Å². The fraction of sp³-hybridized carbons (Fsp3) is 0.419. The number of esters is 1. The molecule has 1 unspecified atom stereocenters. The number of benzene rings is 2. The summed E-state index contributed by atoms with van der Waals surface area (Å²) in [5, 5.41) is 0. The highest BCUT2D eigenvalue weighted by molar-refractivity contribution is 5.90. The van der Waals surface area contributed by atoms with Gasteiger partial charge in [0, 0.05) is 31.1 Å². The summed E-state index contributed by atoms with van der Waals surface area (Å²) >= 11 is 0. The molecule has 0 aliphatic heterocycles. The summed E-state index contributed by atoms with van der Waals surface area (Å²) in [6.07, 6.45) is 1.48. The van der Waals surface area contributed by atoms with Crippen LogP contribution in [0.5, 0.6) is 11.5 Å². The third kappa shape index (κ3) is 5.07. The van der Waals surface area contributed by atoms with Crippen LogP contribution in [0.3, 0.4) is 0 Å². The second-order valence-corrected chi connectivity index (χ2v) is 10.3. The first-order chi connectivity index (χ1) is 18.2. The van der Waals surface area contributed by atoms with E-state index in [1.54, 1.807) is 24.9 Å². The number of methoxy groups -OCH3 is 3. The molecule has 0 bridgehead atoms. The summed E-state index contributed by atoms with van der Waals surface area (Å²) in [6.45, 7) is 7.97. The summed E-state index contributed by atoms with van der Waals surface area (Å²) in [4.78, 5) is 26.6. The predicted molar refractivity (Wildman–Crippen MR) is 147 cm³/mol. The maximum absolute atomic E-state index is 13.9. The Kier molecular flexibility index (Phi) is 8.26. The summed E-state index contributed by atoms with van der Waals surface area (Å²) in [7, 11) is 4.59. The van der Waals surface area contributed by atoms with Gasteiger partial charge < -0.3 is 23.5 Å². The largest absolute Gasteiger partial charge is 0.493 e. The molecule has 3 aromatic rings.